The summed E-state index contributed by atoms with van der Waals surface area (Å²) in [4.78, 5) is 24.3. The average molecular weight is 649 g/mol. The van der Waals surface area contributed by atoms with Gasteiger partial charge in [0, 0.05) is 35.5 Å². The molecule has 1 saturated carbocycles. The molecule has 0 bridgehead atoms. The van der Waals surface area contributed by atoms with E-state index in [0.29, 0.717) is 17.4 Å². The zero-order valence-electron chi connectivity index (χ0n) is 25.8. The van der Waals surface area contributed by atoms with Crippen molar-refractivity contribution in [3.8, 4) is 22.8 Å². The first kappa shape index (κ1) is 31.7. The van der Waals surface area contributed by atoms with Crippen LogP contribution >= 0.6 is 11.8 Å². The first-order valence-electron chi connectivity index (χ1n) is 15.3. The topological polar surface area (TPSA) is 84.6 Å². The van der Waals surface area contributed by atoms with Crippen LogP contribution in [0.2, 0.25) is 0 Å². The molecule has 6 rings (SSSR count). The fraction of sp³-hybridized carbons (Fsp3) is 0.353. The van der Waals surface area contributed by atoms with Crippen LogP contribution in [0.1, 0.15) is 61.6 Å². The van der Waals surface area contributed by atoms with Gasteiger partial charge in [0.05, 0.1) is 5.69 Å². The predicted octanol–water partition coefficient (Wildman–Crippen LogP) is 8.22. The number of nitrogens with one attached hydrogen (secondary N) is 1. The van der Waals surface area contributed by atoms with Gasteiger partial charge in [-0.2, -0.15) is 4.99 Å². The number of carbonyl (C=O) groups is 1. The number of nitrogens with zero attached hydrogens (tertiary/aromatic N) is 5. The van der Waals surface area contributed by atoms with Gasteiger partial charge in [0.1, 0.15) is 12.1 Å². The van der Waals surface area contributed by atoms with Gasteiger partial charge < -0.3 is 15.0 Å². The molecule has 8 nitrogen and oxygen atoms in total. The van der Waals surface area contributed by atoms with Gasteiger partial charge in [0.15, 0.2) is 11.0 Å². The zero-order valence-corrected chi connectivity index (χ0v) is 26.6. The summed E-state index contributed by atoms with van der Waals surface area (Å²) in [6, 6.07) is 19.4. The SMILES string of the molecule is Cc1cccc(N2CCS/C2=N\C(=O)NC2CCCC2c2ccc(-c3ncn(-c4ccc(OC(F)(F)F)cc4)n3)cc2)c1C(C)C. The first-order chi connectivity index (χ1) is 22.1. The second-order valence-corrected chi connectivity index (χ2v) is 12.9. The molecule has 0 radical (unpaired) electrons. The first-order valence-corrected chi connectivity index (χ1v) is 16.3. The van der Waals surface area contributed by atoms with E-state index in [1.165, 1.54) is 46.4 Å². The molecule has 2 aliphatic rings. The molecule has 2 unspecified atom stereocenters. The van der Waals surface area contributed by atoms with E-state index in [1.807, 2.05) is 24.3 Å². The summed E-state index contributed by atoms with van der Waals surface area (Å²) in [7, 11) is 0. The van der Waals surface area contributed by atoms with Gasteiger partial charge in [-0.15, -0.1) is 18.3 Å². The summed E-state index contributed by atoms with van der Waals surface area (Å²) in [6.45, 7) is 7.33. The highest BCUT2D eigenvalue weighted by atomic mass is 32.2. The Morgan fingerprint density at radius 3 is 2.54 bits per heavy atom. The van der Waals surface area contributed by atoms with E-state index >= 15 is 0 Å². The Hall–Kier alpha value is -4.32. The van der Waals surface area contributed by atoms with E-state index < -0.39 is 6.36 Å². The van der Waals surface area contributed by atoms with Crippen LogP contribution in [0.3, 0.4) is 0 Å². The number of hydrogen-bond acceptors (Lipinski definition) is 5. The van der Waals surface area contributed by atoms with Crippen molar-refractivity contribution in [3.05, 3.63) is 89.7 Å². The number of amides is 2. The van der Waals surface area contributed by atoms with E-state index in [1.54, 1.807) is 11.8 Å². The van der Waals surface area contributed by atoms with E-state index in [-0.39, 0.29) is 23.7 Å². The zero-order chi connectivity index (χ0) is 32.4. The molecule has 2 amide bonds. The van der Waals surface area contributed by atoms with Crippen molar-refractivity contribution in [1.82, 2.24) is 20.1 Å². The van der Waals surface area contributed by atoms with Gasteiger partial charge in [-0.3, -0.25) is 0 Å². The number of thioether (sulfide) groups is 1. The van der Waals surface area contributed by atoms with Gasteiger partial charge in [0.2, 0.25) is 0 Å². The summed E-state index contributed by atoms with van der Waals surface area (Å²) in [6.07, 6.45) is -0.380. The number of rotatable bonds is 7. The molecular weight excluding hydrogens is 613 g/mol. The number of halogens is 3. The lowest BCUT2D eigenvalue weighted by atomic mass is 9.93. The number of benzene rings is 3. The second-order valence-electron chi connectivity index (χ2n) is 11.8. The smallest absolute Gasteiger partial charge is 0.406 e. The second kappa shape index (κ2) is 13.2. The fourth-order valence-electron chi connectivity index (χ4n) is 6.38. The molecule has 1 aliphatic heterocycles. The van der Waals surface area contributed by atoms with Gasteiger partial charge in [-0.1, -0.05) is 68.4 Å². The van der Waals surface area contributed by atoms with Crippen LogP contribution < -0.4 is 15.0 Å². The maximum Gasteiger partial charge on any atom is 0.573 e. The van der Waals surface area contributed by atoms with Crippen molar-refractivity contribution in [3.63, 3.8) is 0 Å². The molecule has 1 N–H and O–H groups in total. The number of aryl methyl sites for hydroxylation is 1. The highest BCUT2D eigenvalue weighted by molar-refractivity contribution is 8.14. The van der Waals surface area contributed by atoms with E-state index in [0.717, 1.165) is 53.5 Å². The van der Waals surface area contributed by atoms with E-state index in [4.69, 9.17) is 0 Å². The van der Waals surface area contributed by atoms with Crippen molar-refractivity contribution < 1.29 is 22.7 Å². The number of anilines is 1. The molecule has 1 aliphatic carbocycles. The molecule has 4 aromatic rings. The standard InChI is InChI=1S/C34H35F3N6O2S/c1-21(2)30-22(3)6-4-9-29(30)42-18-19-46-33(42)40-32(44)39-28-8-5-7-27(28)23-10-12-24(13-11-23)31-38-20-43(41-31)25-14-16-26(17-15-25)45-34(35,36)37/h4,6,9-17,20-21,27-28H,5,7-8,18-19H2,1-3H3,(H,39,44)/b40-33-. The predicted molar refractivity (Wildman–Crippen MR) is 175 cm³/mol. The maximum absolute atomic E-state index is 13.2. The molecule has 2 atom stereocenters. The highest BCUT2D eigenvalue weighted by Gasteiger charge is 2.32. The van der Waals surface area contributed by atoms with Gasteiger partial charge in [-0.05, 0) is 72.7 Å². The van der Waals surface area contributed by atoms with Crippen molar-refractivity contribution in [2.75, 3.05) is 17.2 Å². The van der Waals surface area contributed by atoms with Crippen LogP contribution in [0.25, 0.3) is 17.1 Å². The Labute approximate surface area is 270 Å². The Kier molecular flexibility index (Phi) is 9.08. The number of amidine groups is 1. The third-order valence-electron chi connectivity index (χ3n) is 8.39. The Morgan fingerprint density at radius 2 is 1.83 bits per heavy atom. The van der Waals surface area contributed by atoms with Crippen LogP contribution in [-0.2, 0) is 0 Å². The third kappa shape index (κ3) is 7.06. The minimum Gasteiger partial charge on any atom is -0.406 e. The number of urea groups is 1. The van der Waals surface area contributed by atoms with Crippen LogP contribution in [0.15, 0.2) is 78.0 Å². The van der Waals surface area contributed by atoms with Gasteiger partial charge in [0.25, 0.3) is 0 Å². The van der Waals surface area contributed by atoms with Crippen LogP contribution in [-0.4, -0.2) is 50.7 Å². The molecule has 1 aromatic heterocycles. The quantitative estimate of drug-likeness (QED) is 0.217. The minimum atomic E-state index is -4.75. The molecule has 12 heteroatoms. The number of ether oxygens (including phenoxy) is 1. The summed E-state index contributed by atoms with van der Waals surface area (Å²) in [5.74, 6) is 1.59. The largest absolute Gasteiger partial charge is 0.573 e. The third-order valence-corrected chi connectivity index (χ3v) is 9.35. The monoisotopic (exact) mass is 648 g/mol. The maximum atomic E-state index is 13.2. The lowest BCUT2D eigenvalue weighted by Crippen LogP contribution is -2.36. The molecule has 240 valence electrons. The number of aromatic nitrogens is 3. The summed E-state index contributed by atoms with van der Waals surface area (Å²) < 4.78 is 42.8. The van der Waals surface area contributed by atoms with E-state index in [9.17, 15) is 18.0 Å². The molecule has 0 spiro atoms. The lowest BCUT2D eigenvalue weighted by Gasteiger charge is -2.25. The van der Waals surface area contributed by atoms with Crippen molar-refractivity contribution in [2.24, 2.45) is 4.99 Å². The van der Waals surface area contributed by atoms with Crippen LogP contribution in [0.4, 0.5) is 23.7 Å². The molecule has 2 fully saturated rings. The summed E-state index contributed by atoms with van der Waals surface area (Å²) in [5, 5.41) is 8.43. The Morgan fingerprint density at radius 1 is 1.07 bits per heavy atom. The molecular formula is C34H35F3N6O2S. The summed E-state index contributed by atoms with van der Waals surface area (Å²) >= 11 is 1.61. The Balaban J connectivity index is 1.11. The van der Waals surface area contributed by atoms with Gasteiger partial charge >= 0.3 is 12.4 Å². The van der Waals surface area contributed by atoms with Gasteiger partial charge in [-0.25, -0.2) is 14.5 Å². The molecule has 3 aromatic carbocycles. The number of carbonyl (C=O) groups excluding carboxylic acids is 1. The molecule has 2 heterocycles. The van der Waals surface area contributed by atoms with E-state index in [2.05, 4.69) is 69.0 Å². The highest BCUT2D eigenvalue weighted by Crippen LogP contribution is 2.37. The number of hydrogen-bond donors (Lipinski definition) is 1. The summed E-state index contributed by atoms with van der Waals surface area (Å²) in [5.41, 5.74) is 6.13. The van der Waals surface area contributed by atoms with Crippen molar-refractivity contribution >= 4 is 28.6 Å². The Bertz CT molecular complexity index is 1720. The normalized spacial score (nSPS) is 19.3. The van der Waals surface area contributed by atoms with Crippen LogP contribution in [0, 0.1) is 6.92 Å². The van der Waals surface area contributed by atoms with Crippen molar-refractivity contribution in [1.29, 1.82) is 0 Å². The lowest BCUT2D eigenvalue weighted by molar-refractivity contribution is -0.274. The molecule has 1 saturated heterocycles. The fourth-order valence-corrected chi connectivity index (χ4v) is 7.33. The number of alkyl halides is 3. The average Bonchev–Trinajstić information content (AvgIpc) is 3.78. The van der Waals surface area contributed by atoms with Crippen molar-refractivity contribution in [2.45, 2.75) is 64.3 Å². The molecule has 46 heavy (non-hydrogen) atoms. The van der Waals surface area contributed by atoms with Crippen LogP contribution in [0.5, 0.6) is 5.75 Å². The number of aliphatic imine (C=N–C) groups is 1. The minimum absolute atomic E-state index is 0.0191.